The maximum absolute atomic E-state index is 13.4. The van der Waals surface area contributed by atoms with E-state index in [9.17, 15) is 12.8 Å². The minimum Gasteiger partial charge on any atom is -0.354 e. The molecule has 0 unspecified atom stereocenters. The number of nitrogens with zero attached hydrogens (tertiary/aromatic N) is 4. The summed E-state index contributed by atoms with van der Waals surface area (Å²) in [6.07, 6.45) is 0.570. The van der Waals surface area contributed by atoms with E-state index in [0.717, 1.165) is 28.2 Å². The highest BCUT2D eigenvalue weighted by atomic mass is 32.2. The van der Waals surface area contributed by atoms with Crippen LogP contribution in [0.5, 0.6) is 0 Å². The molecule has 4 rings (SSSR count). The van der Waals surface area contributed by atoms with Crippen LogP contribution in [0.3, 0.4) is 0 Å². The Morgan fingerprint density at radius 1 is 0.939 bits per heavy atom. The van der Waals surface area contributed by atoms with Gasteiger partial charge in [0.15, 0.2) is 5.82 Å². The van der Waals surface area contributed by atoms with Crippen LogP contribution in [0.4, 0.5) is 10.2 Å². The Morgan fingerprint density at radius 3 is 2.18 bits per heavy atom. The van der Waals surface area contributed by atoms with Crippen molar-refractivity contribution < 1.29 is 12.8 Å². The summed E-state index contributed by atoms with van der Waals surface area (Å²) in [5.74, 6) is 1.18. The van der Waals surface area contributed by atoms with Crippen molar-refractivity contribution in [1.29, 1.82) is 0 Å². The van der Waals surface area contributed by atoms with Crippen molar-refractivity contribution in [3.63, 3.8) is 0 Å². The van der Waals surface area contributed by atoms with E-state index in [4.69, 9.17) is 9.97 Å². The molecular formula is C25H29FN4O2S. The standard InChI is InChI=1S/C25H29FN4O2S/c1-18(2)33(31,32)30-15-13-29(14-16-30)25-23(17-20-9-11-22(26)12-10-20)19(3)27-24(28-25)21-7-5-4-6-8-21/h4-12,18H,13-17H2,1-3H3. The summed E-state index contributed by atoms with van der Waals surface area (Å²) >= 11 is 0. The monoisotopic (exact) mass is 468 g/mol. The third-order valence-corrected chi connectivity index (χ3v) is 8.29. The molecule has 174 valence electrons. The lowest BCUT2D eigenvalue weighted by Gasteiger charge is -2.36. The fourth-order valence-electron chi connectivity index (χ4n) is 4.02. The molecule has 2 aromatic carbocycles. The molecule has 6 nitrogen and oxygen atoms in total. The van der Waals surface area contributed by atoms with Crippen molar-refractivity contribution in [2.75, 3.05) is 31.1 Å². The molecule has 1 aliphatic rings. The molecule has 0 atom stereocenters. The number of hydrogen-bond donors (Lipinski definition) is 0. The van der Waals surface area contributed by atoms with Gasteiger partial charge in [-0.05, 0) is 38.5 Å². The van der Waals surface area contributed by atoms with E-state index in [0.29, 0.717) is 38.4 Å². The van der Waals surface area contributed by atoms with E-state index in [1.165, 1.54) is 12.1 Å². The second-order valence-corrected chi connectivity index (χ2v) is 11.1. The first-order valence-electron chi connectivity index (χ1n) is 11.2. The third-order valence-electron chi connectivity index (χ3n) is 6.01. The number of rotatable bonds is 6. The Bertz CT molecular complexity index is 1210. The number of piperazine rings is 1. The van der Waals surface area contributed by atoms with Gasteiger partial charge in [0.2, 0.25) is 10.0 Å². The van der Waals surface area contributed by atoms with Crippen LogP contribution >= 0.6 is 0 Å². The number of hydrogen-bond acceptors (Lipinski definition) is 5. The summed E-state index contributed by atoms with van der Waals surface area (Å²) in [5.41, 5.74) is 3.73. The molecule has 1 aromatic heterocycles. The average Bonchev–Trinajstić information content (AvgIpc) is 2.82. The van der Waals surface area contributed by atoms with E-state index in [-0.39, 0.29) is 5.82 Å². The highest BCUT2D eigenvalue weighted by Crippen LogP contribution is 2.29. The molecule has 1 saturated heterocycles. The maximum Gasteiger partial charge on any atom is 0.216 e. The number of anilines is 1. The van der Waals surface area contributed by atoms with E-state index < -0.39 is 15.3 Å². The van der Waals surface area contributed by atoms with E-state index in [1.54, 1.807) is 30.3 Å². The fourth-order valence-corrected chi connectivity index (χ4v) is 5.29. The van der Waals surface area contributed by atoms with Gasteiger partial charge in [-0.2, -0.15) is 4.31 Å². The molecule has 0 radical (unpaired) electrons. The van der Waals surface area contributed by atoms with Crippen molar-refractivity contribution in [2.45, 2.75) is 32.4 Å². The summed E-state index contributed by atoms with van der Waals surface area (Å²) in [4.78, 5) is 11.9. The molecule has 3 aromatic rings. The molecule has 0 N–H and O–H groups in total. The Balaban J connectivity index is 1.69. The molecule has 1 aliphatic heterocycles. The van der Waals surface area contributed by atoms with Crippen LogP contribution in [0.2, 0.25) is 0 Å². The quantitative estimate of drug-likeness (QED) is 0.546. The van der Waals surface area contributed by atoms with Crippen LogP contribution in [-0.4, -0.2) is 54.1 Å². The van der Waals surface area contributed by atoms with Gasteiger partial charge in [0, 0.05) is 49.4 Å². The minimum absolute atomic E-state index is 0.270. The van der Waals surface area contributed by atoms with Crippen molar-refractivity contribution >= 4 is 15.8 Å². The molecule has 0 aliphatic carbocycles. The molecule has 0 spiro atoms. The lowest BCUT2D eigenvalue weighted by atomic mass is 10.0. The van der Waals surface area contributed by atoms with Crippen LogP contribution in [-0.2, 0) is 16.4 Å². The number of aromatic nitrogens is 2. The molecule has 0 amide bonds. The van der Waals surface area contributed by atoms with E-state index in [2.05, 4.69) is 4.90 Å². The predicted molar refractivity (Wildman–Crippen MR) is 129 cm³/mol. The van der Waals surface area contributed by atoms with Crippen molar-refractivity contribution in [3.8, 4) is 11.4 Å². The van der Waals surface area contributed by atoms with Crippen LogP contribution in [0.25, 0.3) is 11.4 Å². The summed E-state index contributed by atoms with van der Waals surface area (Å²) in [7, 11) is -3.29. The number of halogens is 1. The Labute approximate surface area is 195 Å². The van der Waals surface area contributed by atoms with Gasteiger partial charge in [-0.3, -0.25) is 0 Å². The lowest BCUT2D eigenvalue weighted by Crippen LogP contribution is -2.50. The second kappa shape index (κ2) is 9.57. The van der Waals surface area contributed by atoms with Gasteiger partial charge in [0.05, 0.1) is 5.25 Å². The van der Waals surface area contributed by atoms with Gasteiger partial charge in [-0.25, -0.2) is 22.8 Å². The Morgan fingerprint density at radius 2 is 1.58 bits per heavy atom. The normalized spacial score (nSPS) is 15.2. The number of aryl methyl sites for hydroxylation is 1. The Kier molecular flexibility index (Phi) is 6.76. The van der Waals surface area contributed by atoms with Crippen LogP contribution in [0.15, 0.2) is 54.6 Å². The van der Waals surface area contributed by atoms with Gasteiger partial charge in [-0.15, -0.1) is 0 Å². The topological polar surface area (TPSA) is 66.4 Å². The van der Waals surface area contributed by atoms with Crippen LogP contribution in [0, 0.1) is 12.7 Å². The van der Waals surface area contributed by atoms with Crippen LogP contribution < -0.4 is 4.90 Å². The summed E-state index contributed by atoms with van der Waals surface area (Å²) in [6.45, 7) is 7.32. The average molecular weight is 469 g/mol. The fraction of sp³-hybridized carbons (Fsp3) is 0.360. The molecule has 8 heteroatoms. The summed E-state index contributed by atoms with van der Waals surface area (Å²) < 4.78 is 40.2. The zero-order chi connectivity index (χ0) is 23.6. The molecule has 2 heterocycles. The highest BCUT2D eigenvalue weighted by molar-refractivity contribution is 7.89. The molecule has 1 fully saturated rings. The largest absolute Gasteiger partial charge is 0.354 e. The molecule has 0 saturated carbocycles. The van der Waals surface area contributed by atoms with Crippen molar-refractivity contribution in [2.24, 2.45) is 0 Å². The van der Waals surface area contributed by atoms with Crippen LogP contribution in [0.1, 0.15) is 30.7 Å². The van der Waals surface area contributed by atoms with Gasteiger partial charge in [0.25, 0.3) is 0 Å². The Hall–Kier alpha value is -2.84. The zero-order valence-electron chi connectivity index (χ0n) is 19.2. The van der Waals surface area contributed by atoms with E-state index in [1.807, 2.05) is 37.3 Å². The van der Waals surface area contributed by atoms with Crippen molar-refractivity contribution in [3.05, 3.63) is 77.2 Å². The lowest BCUT2D eigenvalue weighted by molar-refractivity contribution is 0.379. The molecule has 33 heavy (non-hydrogen) atoms. The predicted octanol–water partition coefficient (Wildman–Crippen LogP) is 4.04. The number of sulfonamides is 1. The smallest absolute Gasteiger partial charge is 0.216 e. The SMILES string of the molecule is Cc1nc(-c2ccccc2)nc(N2CCN(S(=O)(=O)C(C)C)CC2)c1Cc1ccc(F)cc1. The first kappa shape index (κ1) is 23.3. The highest BCUT2D eigenvalue weighted by Gasteiger charge is 2.31. The summed E-state index contributed by atoms with van der Waals surface area (Å²) in [5, 5.41) is -0.441. The van der Waals surface area contributed by atoms with Gasteiger partial charge in [0.1, 0.15) is 11.6 Å². The minimum atomic E-state index is -3.29. The first-order chi connectivity index (χ1) is 15.8. The zero-order valence-corrected chi connectivity index (χ0v) is 20.0. The first-order valence-corrected chi connectivity index (χ1v) is 12.7. The van der Waals surface area contributed by atoms with Gasteiger partial charge >= 0.3 is 0 Å². The molecular weight excluding hydrogens is 439 g/mol. The van der Waals surface area contributed by atoms with E-state index >= 15 is 0 Å². The second-order valence-electron chi connectivity index (χ2n) is 8.58. The molecule has 0 bridgehead atoms. The van der Waals surface area contributed by atoms with Crippen molar-refractivity contribution in [1.82, 2.24) is 14.3 Å². The maximum atomic E-state index is 13.4. The summed E-state index contributed by atoms with van der Waals surface area (Å²) in [6, 6.07) is 16.3. The number of benzene rings is 2. The van der Waals surface area contributed by atoms with Gasteiger partial charge < -0.3 is 4.90 Å². The third kappa shape index (κ3) is 5.07. The van der Waals surface area contributed by atoms with Gasteiger partial charge in [-0.1, -0.05) is 42.5 Å².